The summed E-state index contributed by atoms with van der Waals surface area (Å²) in [5.41, 5.74) is 3.91. The van der Waals surface area contributed by atoms with E-state index in [1.807, 2.05) is 19.9 Å². The number of hydrogen-bond donors (Lipinski definition) is 0. The number of methoxy groups -OCH3 is 1. The minimum Gasteiger partial charge on any atom is -0.496 e. The van der Waals surface area contributed by atoms with E-state index in [1.54, 1.807) is 0 Å². The second-order valence-corrected chi connectivity index (χ2v) is 8.02. The SMILES string of the molecule is C=C1C(=O)OC2c3c(C)c(OCc4cc(C(F)(F)F)ccc4OC)cc(C)c3CC[C@@H]12. The molecule has 0 aromatic heterocycles. The molecule has 0 N–H and O–H groups in total. The van der Waals surface area contributed by atoms with Gasteiger partial charge in [0.25, 0.3) is 0 Å². The monoisotopic (exact) mass is 432 g/mol. The van der Waals surface area contributed by atoms with Gasteiger partial charge in [-0.25, -0.2) is 4.79 Å². The van der Waals surface area contributed by atoms with Gasteiger partial charge in [-0.1, -0.05) is 6.58 Å². The fraction of sp³-hybridized carbons (Fsp3) is 0.375. The highest BCUT2D eigenvalue weighted by atomic mass is 19.4. The molecule has 0 spiro atoms. The molecular weight excluding hydrogens is 409 g/mol. The lowest BCUT2D eigenvalue weighted by molar-refractivity contribution is -0.140. The van der Waals surface area contributed by atoms with Gasteiger partial charge in [-0.15, -0.1) is 0 Å². The highest BCUT2D eigenvalue weighted by Gasteiger charge is 2.44. The number of alkyl halides is 3. The van der Waals surface area contributed by atoms with E-state index in [9.17, 15) is 18.0 Å². The van der Waals surface area contributed by atoms with Gasteiger partial charge in [0.2, 0.25) is 0 Å². The minimum atomic E-state index is -4.46. The number of rotatable bonds is 4. The molecule has 0 bridgehead atoms. The summed E-state index contributed by atoms with van der Waals surface area (Å²) < 4.78 is 56.2. The van der Waals surface area contributed by atoms with E-state index in [0.717, 1.165) is 47.2 Å². The second-order valence-electron chi connectivity index (χ2n) is 8.02. The zero-order valence-electron chi connectivity index (χ0n) is 17.6. The summed E-state index contributed by atoms with van der Waals surface area (Å²) in [6.45, 7) is 7.63. The molecule has 2 aromatic carbocycles. The largest absolute Gasteiger partial charge is 0.496 e. The van der Waals surface area contributed by atoms with Crippen molar-refractivity contribution in [3.63, 3.8) is 0 Å². The molecule has 0 saturated carbocycles. The Kier molecular flexibility index (Phi) is 5.23. The standard InChI is InChI=1S/C24H23F3O4/c1-12-9-20(30-11-15-10-16(24(25,26)27)5-8-19(15)29-4)14(3)21-17(12)6-7-18-13(2)23(28)31-22(18)21/h5,8-10,18,22H,2,6-7,11H2,1,3-4H3/t18-,22?/m0/s1. The first-order valence-electron chi connectivity index (χ1n) is 10.0. The second kappa shape index (κ2) is 7.62. The van der Waals surface area contributed by atoms with Crippen LogP contribution in [0, 0.1) is 19.8 Å². The summed E-state index contributed by atoms with van der Waals surface area (Å²) in [5.74, 6) is 0.434. The molecule has 1 aliphatic heterocycles. The van der Waals surface area contributed by atoms with Crippen LogP contribution in [0.25, 0.3) is 0 Å². The minimum absolute atomic E-state index is 0.0584. The zero-order chi connectivity index (χ0) is 22.5. The molecule has 0 amide bonds. The Balaban J connectivity index is 1.67. The van der Waals surface area contributed by atoms with Crippen LogP contribution >= 0.6 is 0 Å². The van der Waals surface area contributed by atoms with Crippen molar-refractivity contribution in [2.24, 2.45) is 5.92 Å². The van der Waals surface area contributed by atoms with Crippen molar-refractivity contribution in [1.29, 1.82) is 0 Å². The topological polar surface area (TPSA) is 44.8 Å². The lowest BCUT2D eigenvalue weighted by Gasteiger charge is -2.30. The predicted molar refractivity (Wildman–Crippen MR) is 108 cm³/mol. The third-order valence-corrected chi connectivity index (χ3v) is 6.21. The first kappa shape index (κ1) is 21.3. The average molecular weight is 432 g/mol. The van der Waals surface area contributed by atoms with E-state index >= 15 is 0 Å². The van der Waals surface area contributed by atoms with E-state index in [0.29, 0.717) is 22.6 Å². The number of fused-ring (bicyclic) bond motifs is 3. The first-order valence-corrected chi connectivity index (χ1v) is 10.0. The zero-order valence-corrected chi connectivity index (χ0v) is 17.6. The fourth-order valence-corrected chi connectivity index (χ4v) is 4.55. The number of halogens is 3. The van der Waals surface area contributed by atoms with Crippen molar-refractivity contribution < 1.29 is 32.2 Å². The highest BCUT2D eigenvalue weighted by Crippen LogP contribution is 2.49. The molecule has 2 aromatic rings. The molecule has 0 radical (unpaired) electrons. The predicted octanol–water partition coefficient (Wildman–Crippen LogP) is 5.63. The van der Waals surface area contributed by atoms with Crippen molar-refractivity contribution in [1.82, 2.24) is 0 Å². The van der Waals surface area contributed by atoms with E-state index < -0.39 is 17.8 Å². The van der Waals surface area contributed by atoms with Crippen LogP contribution < -0.4 is 9.47 Å². The maximum atomic E-state index is 13.1. The molecule has 1 heterocycles. The number of carbonyl (C=O) groups is 1. The smallest absolute Gasteiger partial charge is 0.416 e. The van der Waals surface area contributed by atoms with Crippen LogP contribution in [0.5, 0.6) is 11.5 Å². The van der Waals surface area contributed by atoms with Crippen LogP contribution in [-0.2, 0) is 28.7 Å². The third-order valence-electron chi connectivity index (χ3n) is 6.21. The van der Waals surface area contributed by atoms with Gasteiger partial charge in [-0.3, -0.25) is 0 Å². The Morgan fingerprint density at radius 3 is 2.61 bits per heavy atom. The van der Waals surface area contributed by atoms with Gasteiger partial charge in [0.15, 0.2) is 0 Å². The molecule has 4 rings (SSSR count). The number of carbonyl (C=O) groups excluding carboxylic acids is 1. The Morgan fingerprint density at radius 2 is 1.94 bits per heavy atom. The fourth-order valence-electron chi connectivity index (χ4n) is 4.55. The number of benzene rings is 2. The van der Waals surface area contributed by atoms with Crippen LogP contribution in [0.2, 0.25) is 0 Å². The lowest BCUT2D eigenvalue weighted by atomic mass is 9.76. The number of aryl methyl sites for hydroxylation is 1. The first-order chi connectivity index (χ1) is 14.6. The van der Waals surface area contributed by atoms with E-state index in [2.05, 4.69) is 6.58 Å². The Labute approximate surface area is 178 Å². The molecule has 1 unspecified atom stereocenters. The quantitative estimate of drug-likeness (QED) is 0.464. The van der Waals surface area contributed by atoms with E-state index in [4.69, 9.17) is 14.2 Å². The van der Waals surface area contributed by atoms with Gasteiger partial charge in [0, 0.05) is 22.6 Å². The van der Waals surface area contributed by atoms with Gasteiger partial charge in [-0.05, 0) is 67.6 Å². The van der Waals surface area contributed by atoms with Gasteiger partial charge >= 0.3 is 12.1 Å². The molecule has 2 aliphatic rings. The Morgan fingerprint density at radius 1 is 1.19 bits per heavy atom. The van der Waals surface area contributed by atoms with Crippen molar-refractivity contribution in [2.75, 3.05) is 7.11 Å². The summed E-state index contributed by atoms with van der Waals surface area (Å²) >= 11 is 0. The summed E-state index contributed by atoms with van der Waals surface area (Å²) in [5, 5.41) is 0. The summed E-state index contributed by atoms with van der Waals surface area (Å²) in [6.07, 6.45) is -3.25. The van der Waals surface area contributed by atoms with E-state index in [-0.39, 0.29) is 18.5 Å². The van der Waals surface area contributed by atoms with Crippen LogP contribution in [0.3, 0.4) is 0 Å². The molecule has 1 saturated heterocycles. The Hall–Kier alpha value is -2.96. The van der Waals surface area contributed by atoms with E-state index in [1.165, 1.54) is 13.2 Å². The third kappa shape index (κ3) is 3.66. The van der Waals surface area contributed by atoms with Crippen LogP contribution in [0.4, 0.5) is 13.2 Å². The molecule has 164 valence electrons. The van der Waals surface area contributed by atoms with Crippen molar-refractivity contribution in [3.05, 3.63) is 69.8 Å². The molecular formula is C24H23F3O4. The van der Waals surface area contributed by atoms with Gasteiger partial charge in [-0.2, -0.15) is 13.2 Å². The maximum absolute atomic E-state index is 13.1. The molecule has 1 aliphatic carbocycles. The van der Waals surface area contributed by atoms with Gasteiger partial charge < -0.3 is 14.2 Å². The van der Waals surface area contributed by atoms with Gasteiger partial charge in [0.05, 0.1) is 12.7 Å². The molecule has 1 fully saturated rings. The molecule has 7 heteroatoms. The lowest BCUT2D eigenvalue weighted by Crippen LogP contribution is -2.20. The van der Waals surface area contributed by atoms with Crippen LogP contribution in [-0.4, -0.2) is 13.1 Å². The summed E-state index contributed by atoms with van der Waals surface area (Å²) in [7, 11) is 1.40. The molecule has 2 atom stereocenters. The van der Waals surface area contributed by atoms with Gasteiger partial charge in [0.1, 0.15) is 24.2 Å². The Bertz CT molecular complexity index is 1070. The van der Waals surface area contributed by atoms with Crippen molar-refractivity contribution in [3.8, 4) is 11.5 Å². The van der Waals surface area contributed by atoms with Crippen LogP contribution in [0.1, 0.15) is 45.9 Å². The van der Waals surface area contributed by atoms with Crippen molar-refractivity contribution in [2.45, 2.75) is 45.6 Å². The normalized spacial score (nSPS) is 20.2. The van der Waals surface area contributed by atoms with Crippen molar-refractivity contribution >= 4 is 5.97 Å². The summed E-state index contributed by atoms with van der Waals surface area (Å²) in [4.78, 5) is 12.1. The van der Waals surface area contributed by atoms with Crippen LogP contribution in [0.15, 0.2) is 36.4 Å². The highest BCUT2D eigenvalue weighted by molar-refractivity contribution is 5.91. The number of esters is 1. The maximum Gasteiger partial charge on any atom is 0.416 e. The number of ether oxygens (including phenoxy) is 3. The number of hydrogen-bond acceptors (Lipinski definition) is 4. The molecule has 31 heavy (non-hydrogen) atoms. The molecule has 4 nitrogen and oxygen atoms in total. The average Bonchev–Trinajstić information content (AvgIpc) is 3.02. The summed E-state index contributed by atoms with van der Waals surface area (Å²) in [6, 6.07) is 5.21.